The summed E-state index contributed by atoms with van der Waals surface area (Å²) in [6, 6.07) is 10.4. The molecule has 71 valence electrons. The fourth-order valence-electron chi connectivity index (χ4n) is 0.923. The van der Waals surface area contributed by atoms with Gasteiger partial charge in [0, 0.05) is 4.43 Å². The SMILES string of the molecule is CN(C)[I]C/C=C/c1ccccc1. The molecule has 0 saturated carbocycles. The van der Waals surface area contributed by atoms with Crippen LogP contribution in [-0.2, 0) is 0 Å². The van der Waals surface area contributed by atoms with Gasteiger partial charge in [-0.05, 0) is 19.7 Å². The van der Waals surface area contributed by atoms with Gasteiger partial charge in [0.25, 0.3) is 0 Å². The summed E-state index contributed by atoms with van der Waals surface area (Å²) in [5.41, 5.74) is 1.30. The number of hydrogen-bond acceptors (Lipinski definition) is 1. The molecule has 0 amide bonds. The number of allylic oxidation sites excluding steroid dienone is 1. The van der Waals surface area contributed by atoms with Crippen LogP contribution in [0.15, 0.2) is 36.4 Å². The molecule has 1 aromatic rings. The molecule has 0 saturated heterocycles. The van der Waals surface area contributed by atoms with Crippen LogP contribution < -0.4 is 0 Å². The van der Waals surface area contributed by atoms with Crippen molar-refractivity contribution in [3.8, 4) is 0 Å². The summed E-state index contributed by atoms with van der Waals surface area (Å²) in [4.78, 5) is 0. The van der Waals surface area contributed by atoms with Crippen LogP contribution in [0.3, 0.4) is 0 Å². The monoisotopic (exact) mass is 288 g/mol. The smallest absolute Gasteiger partial charge is 0.0231 e. The Morgan fingerprint density at radius 2 is 1.92 bits per heavy atom. The zero-order valence-electron chi connectivity index (χ0n) is 8.07. The molecular weight excluding hydrogens is 273 g/mol. The summed E-state index contributed by atoms with van der Waals surface area (Å²) in [6.45, 7) is 0. The summed E-state index contributed by atoms with van der Waals surface area (Å²) < 4.78 is 3.52. The van der Waals surface area contributed by atoms with Gasteiger partial charge in [0.1, 0.15) is 0 Å². The Hall–Kier alpha value is -0.350. The number of alkyl halides is 1. The summed E-state index contributed by atoms with van der Waals surface area (Å²) in [5, 5.41) is 0. The average molecular weight is 288 g/mol. The molecule has 0 atom stereocenters. The van der Waals surface area contributed by atoms with E-state index in [4.69, 9.17) is 0 Å². The van der Waals surface area contributed by atoms with Crippen molar-refractivity contribution in [3.63, 3.8) is 0 Å². The van der Waals surface area contributed by atoms with E-state index in [1.54, 1.807) is 0 Å². The molecule has 1 nitrogen and oxygen atoms in total. The van der Waals surface area contributed by atoms with E-state index in [0.29, 0.717) is 0 Å². The van der Waals surface area contributed by atoms with Crippen molar-refractivity contribution in [2.45, 2.75) is 0 Å². The summed E-state index contributed by atoms with van der Waals surface area (Å²) in [7, 11) is 4.28. The maximum absolute atomic E-state index is 2.30. The summed E-state index contributed by atoms with van der Waals surface area (Å²) >= 11 is 0.213. The molecule has 0 aromatic heterocycles. The Labute approximate surface area is 91.1 Å². The number of halogens is 1. The number of benzene rings is 1. The van der Waals surface area contributed by atoms with Crippen LogP contribution >= 0.6 is 21.5 Å². The molecule has 0 spiro atoms. The van der Waals surface area contributed by atoms with Crippen LogP contribution in [0.2, 0.25) is 0 Å². The zero-order chi connectivity index (χ0) is 9.52. The fourth-order valence-corrected chi connectivity index (χ4v) is 2.19. The van der Waals surface area contributed by atoms with Gasteiger partial charge in [0.15, 0.2) is 0 Å². The lowest BCUT2D eigenvalue weighted by Gasteiger charge is -2.04. The van der Waals surface area contributed by atoms with Crippen molar-refractivity contribution in [3.05, 3.63) is 42.0 Å². The van der Waals surface area contributed by atoms with Crippen LogP contribution in [0.4, 0.5) is 0 Å². The third kappa shape index (κ3) is 5.05. The van der Waals surface area contributed by atoms with Crippen molar-refractivity contribution in [1.82, 2.24) is 3.11 Å². The normalized spacial score (nSPS) is 11.3. The molecule has 0 aliphatic carbocycles. The molecule has 0 unspecified atom stereocenters. The molecule has 0 aliphatic rings. The lowest BCUT2D eigenvalue weighted by atomic mass is 10.2. The Kier molecular flexibility index (Phi) is 5.08. The predicted octanol–water partition coefficient (Wildman–Crippen LogP) is 3.15. The van der Waals surface area contributed by atoms with E-state index in [0.717, 1.165) is 0 Å². The lowest BCUT2D eigenvalue weighted by Crippen LogP contribution is -1.96. The van der Waals surface area contributed by atoms with Crippen molar-refractivity contribution in [1.29, 1.82) is 0 Å². The number of rotatable bonds is 4. The first-order chi connectivity index (χ1) is 6.29. The second kappa shape index (κ2) is 6.16. The van der Waals surface area contributed by atoms with Crippen LogP contribution in [0.1, 0.15) is 5.56 Å². The third-order valence-corrected chi connectivity index (χ3v) is 3.77. The van der Waals surface area contributed by atoms with Crippen molar-refractivity contribution in [2.24, 2.45) is 0 Å². The van der Waals surface area contributed by atoms with Gasteiger partial charge in [-0.2, -0.15) is 0 Å². The molecule has 2 heteroatoms. The van der Waals surface area contributed by atoms with Gasteiger partial charge < -0.3 is 0 Å². The molecular formula is C11H15IN. The third-order valence-electron chi connectivity index (χ3n) is 1.51. The standard InChI is InChI=1S/C11H15IN/c1-13(2)12-10-6-9-11-7-4-3-5-8-11/h3-9H,10H2,1-2H3/b9-6+. The molecule has 13 heavy (non-hydrogen) atoms. The molecule has 0 aliphatic heterocycles. The van der Waals surface area contributed by atoms with Gasteiger partial charge in [0.2, 0.25) is 0 Å². The van der Waals surface area contributed by atoms with Gasteiger partial charge in [-0.1, -0.05) is 64.0 Å². The Balaban J connectivity index is 2.33. The van der Waals surface area contributed by atoms with Crippen LogP contribution in [-0.4, -0.2) is 21.6 Å². The minimum atomic E-state index is 0.213. The lowest BCUT2D eigenvalue weighted by molar-refractivity contribution is 0.758. The minimum absolute atomic E-state index is 0.213. The number of nitrogens with zero attached hydrogens (tertiary/aromatic N) is 1. The highest BCUT2D eigenvalue weighted by atomic mass is 127. The molecule has 1 rings (SSSR count). The van der Waals surface area contributed by atoms with Crippen molar-refractivity contribution in [2.75, 3.05) is 18.5 Å². The topological polar surface area (TPSA) is 3.24 Å². The fraction of sp³-hybridized carbons (Fsp3) is 0.273. The van der Waals surface area contributed by atoms with E-state index >= 15 is 0 Å². The van der Waals surface area contributed by atoms with E-state index in [9.17, 15) is 0 Å². The molecule has 1 radical (unpaired) electrons. The highest BCUT2D eigenvalue weighted by Crippen LogP contribution is 2.13. The van der Waals surface area contributed by atoms with E-state index in [1.807, 2.05) is 6.07 Å². The van der Waals surface area contributed by atoms with Crippen LogP contribution in [0.25, 0.3) is 6.08 Å². The predicted molar refractivity (Wildman–Crippen MR) is 68.1 cm³/mol. The highest BCUT2D eigenvalue weighted by molar-refractivity contribution is 14.2. The Morgan fingerprint density at radius 1 is 1.23 bits per heavy atom. The molecule has 0 fully saturated rings. The summed E-state index contributed by atoms with van der Waals surface area (Å²) in [6.07, 6.45) is 4.46. The van der Waals surface area contributed by atoms with Crippen molar-refractivity contribution < 1.29 is 0 Å². The molecule has 0 N–H and O–H groups in total. The van der Waals surface area contributed by atoms with E-state index in [-0.39, 0.29) is 21.5 Å². The Morgan fingerprint density at radius 3 is 2.54 bits per heavy atom. The second-order valence-electron chi connectivity index (χ2n) is 2.87. The minimum Gasteiger partial charge on any atom is -0.262 e. The Bertz CT molecular complexity index is 254. The van der Waals surface area contributed by atoms with Crippen molar-refractivity contribution >= 4 is 27.6 Å². The summed E-state index contributed by atoms with van der Waals surface area (Å²) in [5.74, 6) is 0. The van der Waals surface area contributed by atoms with Gasteiger partial charge in [-0.15, -0.1) is 0 Å². The largest absolute Gasteiger partial charge is 0.262 e. The maximum atomic E-state index is 2.30. The first-order valence-electron chi connectivity index (χ1n) is 4.27. The quantitative estimate of drug-likeness (QED) is 0.467. The molecule has 1 aromatic carbocycles. The van der Waals surface area contributed by atoms with Crippen LogP contribution in [0, 0.1) is 0 Å². The van der Waals surface area contributed by atoms with Gasteiger partial charge in [-0.25, -0.2) is 0 Å². The van der Waals surface area contributed by atoms with E-state index in [1.165, 1.54) is 9.99 Å². The molecule has 0 bridgehead atoms. The van der Waals surface area contributed by atoms with Crippen LogP contribution in [0.5, 0.6) is 0 Å². The number of hydrogen-bond donors (Lipinski definition) is 0. The van der Waals surface area contributed by atoms with E-state index < -0.39 is 0 Å². The molecule has 0 heterocycles. The first-order valence-corrected chi connectivity index (χ1v) is 6.76. The average Bonchev–Trinajstić information content (AvgIpc) is 2.14. The van der Waals surface area contributed by atoms with Gasteiger partial charge in [0.05, 0.1) is 0 Å². The highest BCUT2D eigenvalue weighted by Gasteiger charge is 1.86. The van der Waals surface area contributed by atoms with Gasteiger partial charge in [-0.3, -0.25) is 3.11 Å². The van der Waals surface area contributed by atoms with Gasteiger partial charge >= 0.3 is 0 Å². The maximum Gasteiger partial charge on any atom is 0.0231 e. The first kappa shape index (κ1) is 10.7. The zero-order valence-corrected chi connectivity index (χ0v) is 10.2. The second-order valence-corrected chi connectivity index (χ2v) is 6.36. The van der Waals surface area contributed by atoms with E-state index in [2.05, 4.69) is 53.6 Å².